The summed E-state index contributed by atoms with van der Waals surface area (Å²) >= 11 is 7.36. The second kappa shape index (κ2) is 9.50. The fraction of sp³-hybridized carbons (Fsp3) is 0.263. The SMILES string of the molecule is CC(=O)[C@H](Cc1ccccc1)NC(=O)CSCc1ccc(Cl)cc1. The van der Waals surface area contributed by atoms with Crippen LogP contribution in [0.5, 0.6) is 0 Å². The lowest BCUT2D eigenvalue weighted by atomic mass is 10.0. The minimum absolute atomic E-state index is 0.0325. The van der Waals surface area contributed by atoms with Crippen LogP contribution in [0.1, 0.15) is 18.1 Å². The first kappa shape index (κ1) is 18.6. The van der Waals surface area contributed by atoms with Crippen molar-refractivity contribution in [3.05, 3.63) is 70.7 Å². The number of thioether (sulfide) groups is 1. The van der Waals surface area contributed by atoms with Crippen molar-refractivity contribution in [2.75, 3.05) is 5.75 Å². The summed E-state index contributed by atoms with van der Waals surface area (Å²) in [6, 6.07) is 16.8. The zero-order chi connectivity index (χ0) is 17.4. The van der Waals surface area contributed by atoms with Crippen molar-refractivity contribution in [1.82, 2.24) is 5.32 Å². The second-order valence-corrected chi connectivity index (χ2v) is 6.96. The smallest absolute Gasteiger partial charge is 0.230 e. The molecule has 0 saturated heterocycles. The minimum Gasteiger partial charge on any atom is -0.345 e. The first-order chi connectivity index (χ1) is 11.5. The van der Waals surface area contributed by atoms with E-state index in [1.165, 1.54) is 18.7 Å². The average Bonchev–Trinajstić information content (AvgIpc) is 2.57. The zero-order valence-electron chi connectivity index (χ0n) is 13.5. The summed E-state index contributed by atoms with van der Waals surface area (Å²) in [5.41, 5.74) is 2.15. The molecule has 2 rings (SSSR count). The molecular formula is C19H20ClNO2S. The Morgan fingerprint density at radius 2 is 1.71 bits per heavy atom. The number of amides is 1. The molecule has 0 unspecified atom stereocenters. The van der Waals surface area contributed by atoms with Gasteiger partial charge in [-0.15, -0.1) is 11.8 Å². The van der Waals surface area contributed by atoms with Gasteiger partial charge in [0, 0.05) is 10.8 Å². The Bertz CT molecular complexity index is 674. The molecule has 0 radical (unpaired) electrons. The molecule has 24 heavy (non-hydrogen) atoms. The number of carbonyl (C=O) groups is 2. The summed E-state index contributed by atoms with van der Waals surface area (Å²) in [6.45, 7) is 1.51. The van der Waals surface area contributed by atoms with Crippen LogP contribution in [-0.2, 0) is 21.8 Å². The maximum Gasteiger partial charge on any atom is 0.230 e. The Morgan fingerprint density at radius 3 is 2.33 bits per heavy atom. The number of hydrogen-bond acceptors (Lipinski definition) is 3. The van der Waals surface area contributed by atoms with Crippen LogP contribution < -0.4 is 5.32 Å². The lowest BCUT2D eigenvalue weighted by Gasteiger charge is -2.16. The van der Waals surface area contributed by atoms with Gasteiger partial charge in [0.05, 0.1) is 11.8 Å². The Kier molecular flexibility index (Phi) is 7.35. The summed E-state index contributed by atoms with van der Waals surface area (Å²) in [5.74, 6) is 0.898. The average molecular weight is 362 g/mol. The quantitative estimate of drug-likeness (QED) is 0.775. The van der Waals surface area contributed by atoms with Crippen LogP contribution in [0, 0.1) is 0 Å². The van der Waals surface area contributed by atoms with Gasteiger partial charge in [-0.2, -0.15) is 0 Å². The predicted molar refractivity (Wildman–Crippen MR) is 100 cm³/mol. The normalized spacial score (nSPS) is 11.8. The topological polar surface area (TPSA) is 46.2 Å². The van der Waals surface area contributed by atoms with Crippen molar-refractivity contribution in [2.24, 2.45) is 0 Å². The van der Waals surface area contributed by atoms with Crippen molar-refractivity contribution < 1.29 is 9.59 Å². The summed E-state index contributed by atoms with van der Waals surface area (Å²) in [4.78, 5) is 23.9. The third-order valence-electron chi connectivity index (χ3n) is 3.52. The van der Waals surface area contributed by atoms with Gasteiger partial charge in [-0.1, -0.05) is 54.1 Å². The summed E-state index contributed by atoms with van der Waals surface area (Å²) in [5, 5.41) is 3.53. The molecule has 0 aliphatic rings. The number of benzene rings is 2. The number of hydrogen-bond donors (Lipinski definition) is 1. The van der Waals surface area contributed by atoms with Crippen LogP contribution in [0.4, 0.5) is 0 Å². The number of halogens is 1. The molecule has 0 saturated carbocycles. The first-order valence-electron chi connectivity index (χ1n) is 7.70. The second-order valence-electron chi connectivity index (χ2n) is 5.54. The molecule has 1 atom stereocenters. The van der Waals surface area contributed by atoms with Gasteiger partial charge in [-0.05, 0) is 36.6 Å². The molecule has 5 heteroatoms. The van der Waals surface area contributed by atoms with Gasteiger partial charge in [0.1, 0.15) is 0 Å². The maximum atomic E-state index is 12.1. The van der Waals surface area contributed by atoms with E-state index in [0.29, 0.717) is 17.2 Å². The third-order valence-corrected chi connectivity index (χ3v) is 4.78. The standard InChI is InChI=1S/C19H20ClNO2S/c1-14(22)18(11-15-5-3-2-4-6-15)21-19(23)13-24-12-16-7-9-17(20)10-8-16/h2-10,18H,11-13H2,1H3,(H,21,23)/t18-/m0/s1. The van der Waals surface area contributed by atoms with Crippen molar-refractivity contribution in [2.45, 2.75) is 25.1 Å². The number of nitrogens with one attached hydrogen (secondary N) is 1. The van der Waals surface area contributed by atoms with E-state index in [1.54, 1.807) is 0 Å². The minimum atomic E-state index is -0.476. The van der Waals surface area contributed by atoms with Crippen molar-refractivity contribution in [1.29, 1.82) is 0 Å². The zero-order valence-corrected chi connectivity index (χ0v) is 15.1. The highest BCUT2D eigenvalue weighted by molar-refractivity contribution is 7.99. The summed E-state index contributed by atoms with van der Waals surface area (Å²) in [6.07, 6.45) is 0.518. The van der Waals surface area contributed by atoms with Gasteiger partial charge in [-0.25, -0.2) is 0 Å². The van der Waals surface area contributed by atoms with Crippen molar-refractivity contribution in [3.8, 4) is 0 Å². The molecule has 0 spiro atoms. The molecule has 1 amide bonds. The molecule has 0 bridgehead atoms. The van der Waals surface area contributed by atoms with Gasteiger partial charge in [-0.3, -0.25) is 9.59 Å². The van der Waals surface area contributed by atoms with E-state index in [-0.39, 0.29) is 11.7 Å². The van der Waals surface area contributed by atoms with E-state index in [9.17, 15) is 9.59 Å². The monoisotopic (exact) mass is 361 g/mol. The highest BCUT2D eigenvalue weighted by Gasteiger charge is 2.17. The van der Waals surface area contributed by atoms with Crippen LogP contribution in [0.25, 0.3) is 0 Å². The maximum absolute atomic E-state index is 12.1. The molecule has 2 aromatic carbocycles. The van der Waals surface area contributed by atoms with Crippen molar-refractivity contribution >= 4 is 35.1 Å². The Labute approximate surface area is 151 Å². The van der Waals surface area contributed by atoms with Crippen LogP contribution >= 0.6 is 23.4 Å². The Balaban J connectivity index is 1.80. The largest absolute Gasteiger partial charge is 0.345 e. The fourth-order valence-electron chi connectivity index (χ4n) is 2.22. The molecule has 2 aromatic rings. The number of carbonyl (C=O) groups excluding carboxylic acids is 2. The van der Waals surface area contributed by atoms with Crippen LogP contribution in [0.3, 0.4) is 0 Å². The molecule has 3 nitrogen and oxygen atoms in total. The third kappa shape index (κ3) is 6.38. The van der Waals surface area contributed by atoms with Crippen molar-refractivity contribution in [3.63, 3.8) is 0 Å². The molecule has 0 aliphatic carbocycles. The highest BCUT2D eigenvalue weighted by Crippen LogP contribution is 2.15. The predicted octanol–water partition coefficient (Wildman–Crippen LogP) is 3.89. The van der Waals surface area contributed by atoms with E-state index in [0.717, 1.165) is 16.9 Å². The van der Waals surface area contributed by atoms with E-state index in [1.807, 2.05) is 54.6 Å². The van der Waals surface area contributed by atoms with Crippen LogP contribution in [0.15, 0.2) is 54.6 Å². The molecule has 0 aromatic heterocycles. The van der Waals surface area contributed by atoms with Gasteiger partial charge in [0.2, 0.25) is 5.91 Å². The van der Waals surface area contributed by atoms with Gasteiger partial charge in [0.15, 0.2) is 5.78 Å². The lowest BCUT2D eigenvalue weighted by Crippen LogP contribution is -2.42. The van der Waals surface area contributed by atoms with Crippen LogP contribution in [-0.4, -0.2) is 23.5 Å². The number of ketones is 1. The first-order valence-corrected chi connectivity index (χ1v) is 9.24. The molecular weight excluding hydrogens is 342 g/mol. The molecule has 0 heterocycles. The summed E-state index contributed by atoms with van der Waals surface area (Å²) < 4.78 is 0. The van der Waals surface area contributed by atoms with E-state index in [4.69, 9.17) is 11.6 Å². The van der Waals surface area contributed by atoms with Gasteiger partial charge >= 0.3 is 0 Å². The van der Waals surface area contributed by atoms with E-state index >= 15 is 0 Å². The summed E-state index contributed by atoms with van der Waals surface area (Å²) in [7, 11) is 0. The number of Topliss-reactive ketones (excluding diaryl/α,β-unsaturated/α-hetero) is 1. The van der Waals surface area contributed by atoms with Gasteiger partial charge in [0.25, 0.3) is 0 Å². The van der Waals surface area contributed by atoms with Crippen LogP contribution in [0.2, 0.25) is 5.02 Å². The Morgan fingerprint density at radius 1 is 1.04 bits per heavy atom. The molecule has 0 aliphatic heterocycles. The lowest BCUT2D eigenvalue weighted by molar-refractivity contribution is -0.125. The van der Waals surface area contributed by atoms with Gasteiger partial charge < -0.3 is 5.32 Å². The van der Waals surface area contributed by atoms with E-state index in [2.05, 4.69) is 5.32 Å². The fourth-order valence-corrected chi connectivity index (χ4v) is 3.15. The molecule has 0 fully saturated rings. The highest BCUT2D eigenvalue weighted by atomic mass is 35.5. The molecule has 1 N–H and O–H groups in total. The molecule has 126 valence electrons. The Hall–Kier alpha value is -1.78. The van der Waals surface area contributed by atoms with E-state index < -0.39 is 6.04 Å². The number of rotatable bonds is 8.